The lowest BCUT2D eigenvalue weighted by atomic mass is 9.96. The summed E-state index contributed by atoms with van der Waals surface area (Å²) in [7, 11) is 0. The van der Waals surface area contributed by atoms with Gasteiger partial charge in [-0.1, -0.05) is 29.4 Å². The minimum Gasteiger partial charge on any atom is -0.374 e. The zero-order chi connectivity index (χ0) is 13.1. The minimum absolute atomic E-state index is 0.0952. The third kappa shape index (κ3) is 2.67. The molecule has 0 saturated heterocycles. The fraction of sp³-hybridized carbons (Fsp3) is 0.429. The van der Waals surface area contributed by atoms with Gasteiger partial charge in [0, 0.05) is 13.2 Å². The second-order valence-electron chi connectivity index (χ2n) is 4.59. The monoisotopic (exact) mass is 259 g/mol. The molecule has 100 valence electrons. The molecule has 0 amide bonds. The lowest BCUT2D eigenvalue weighted by Crippen LogP contribution is -2.28. The van der Waals surface area contributed by atoms with Crippen molar-refractivity contribution in [3.63, 3.8) is 0 Å². The van der Waals surface area contributed by atoms with Crippen LogP contribution >= 0.6 is 0 Å². The van der Waals surface area contributed by atoms with Crippen LogP contribution in [0.4, 0.5) is 0 Å². The largest absolute Gasteiger partial charge is 0.374 e. The van der Waals surface area contributed by atoms with E-state index in [2.05, 4.69) is 39.7 Å². The van der Waals surface area contributed by atoms with E-state index < -0.39 is 0 Å². The molecule has 1 N–H and O–H groups in total. The second-order valence-corrected chi connectivity index (χ2v) is 4.59. The normalized spacial score (nSPS) is 18.3. The zero-order valence-corrected chi connectivity index (χ0v) is 10.9. The first kappa shape index (κ1) is 12.3. The average molecular weight is 259 g/mol. The molecule has 5 nitrogen and oxygen atoms in total. The van der Waals surface area contributed by atoms with Gasteiger partial charge in [-0.3, -0.25) is 0 Å². The maximum absolute atomic E-state index is 5.31. The fourth-order valence-electron chi connectivity index (χ4n) is 2.29. The lowest BCUT2D eigenvalue weighted by molar-refractivity contribution is 0.126. The number of benzene rings is 1. The Bertz CT molecular complexity index is 553. The number of nitrogens with zero attached hydrogens (tertiary/aromatic N) is 2. The van der Waals surface area contributed by atoms with E-state index in [-0.39, 0.29) is 6.04 Å². The molecule has 5 heteroatoms. The molecule has 2 heterocycles. The van der Waals surface area contributed by atoms with E-state index in [0.717, 1.165) is 13.0 Å². The Hall–Kier alpha value is -1.72. The summed E-state index contributed by atoms with van der Waals surface area (Å²) in [6, 6.07) is 8.52. The number of aromatic nitrogens is 2. The van der Waals surface area contributed by atoms with Crippen LogP contribution in [0.5, 0.6) is 0 Å². The van der Waals surface area contributed by atoms with Crippen molar-refractivity contribution in [3.05, 3.63) is 47.1 Å². The van der Waals surface area contributed by atoms with Crippen molar-refractivity contribution in [2.24, 2.45) is 0 Å². The molecule has 0 fully saturated rings. The Morgan fingerprint density at radius 1 is 1.37 bits per heavy atom. The molecule has 0 aliphatic carbocycles. The Labute approximate surface area is 112 Å². The van der Waals surface area contributed by atoms with Crippen LogP contribution in [0.2, 0.25) is 0 Å². The minimum atomic E-state index is 0.0952. The molecular weight excluding hydrogens is 242 g/mol. The number of ether oxygens (including phenoxy) is 1. The molecule has 0 radical (unpaired) electrons. The highest BCUT2D eigenvalue weighted by Crippen LogP contribution is 2.24. The van der Waals surface area contributed by atoms with E-state index in [1.54, 1.807) is 0 Å². The molecule has 1 aromatic carbocycles. The van der Waals surface area contributed by atoms with E-state index in [9.17, 15) is 0 Å². The number of hydrogen-bond acceptors (Lipinski definition) is 5. The van der Waals surface area contributed by atoms with Gasteiger partial charge >= 0.3 is 0 Å². The van der Waals surface area contributed by atoms with Crippen molar-refractivity contribution < 1.29 is 9.26 Å². The highest BCUT2D eigenvalue weighted by Gasteiger charge is 2.23. The summed E-state index contributed by atoms with van der Waals surface area (Å²) in [5.74, 6) is 1.25. The Kier molecular flexibility index (Phi) is 3.57. The van der Waals surface area contributed by atoms with Crippen LogP contribution in [0.15, 0.2) is 28.8 Å². The molecular formula is C14H17N3O2. The number of rotatable bonds is 4. The first-order valence-corrected chi connectivity index (χ1v) is 6.57. The van der Waals surface area contributed by atoms with Gasteiger partial charge in [-0.15, -0.1) is 0 Å². The predicted octanol–water partition coefficient (Wildman–Crippen LogP) is 1.99. The SMILES string of the molecule is CCOCc1noc([C@@H]2Cc3ccccc3CN2)n1. The van der Waals surface area contributed by atoms with Crippen LogP contribution in [0.3, 0.4) is 0 Å². The summed E-state index contributed by atoms with van der Waals surface area (Å²) in [4.78, 5) is 4.38. The van der Waals surface area contributed by atoms with Crippen LogP contribution < -0.4 is 5.32 Å². The van der Waals surface area contributed by atoms with Crippen molar-refractivity contribution in [2.45, 2.75) is 32.5 Å². The Balaban J connectivity index is 1.72. The van der Waals surface area contributed by atoms with Gasteiger partial charge in [-0.05, 0) is 24.5 Å². The molecule has 2 aromatic rings. The third-order valence-corrected chi connectivity index (χ3v) is 3.30. The van der Waals surface area contributed by atoms with Crippen LogP contribution in [0.25, 0.3) is 0 Å². The number of hydrogen-bond donors (Lipinski definition) is 1. The topological polar surface area (TPSA) is 60.2 Å². The molecule has 1 aromatic heterocycles. The van der Waals surface area contributed by atoms with Gasteiger partial charge in [0.1, 0.15) is 6.61 Å². The summed E-state index contributed by atoms with van der Waals surface area (Å²) in [6.45, 7) is 3.84. The van der Waals surface area contributed by atoms with Gasteiger partial charge in [0.05, 0.1) is 6.04 Å². The predicted molar refractivity (Wildman–Crippen MR) is 69.4 cm³/mol. The summed E-state index contributed by atoms with van der Waals surface area (Å²) in [6.07, 6.45) is 0.881. The quantitative estimate of drug-likeness (QED) is 0.910. The Morgan fingerprint density at radius 2 is 2.21 bits per heavy atom. The van der Waals surface area contributed by atoms with Crippen LogP contribution in [-0.4, -0.2) is 16.7 Å². The number of nitrogens with one attached hydrogen (secondary N) is 1. The maximum atomic E-state index is 5.31. The average Bonchev–Trinajstić information content (AvgIpc) is 2.93. The summed E-state index contributed by atoms with van der Waals surface area (Å²) in [5, 5.41) is 7.36. The van der Waals surface area contributed by atoms with Crippen molar-refractivity contribution >= 4 is 0 Å². The second kappa shape index (κ2) is 5.50. The van der Waals surface area contributed by atoms with Gasteiger partial charge in [-0.25, -0.2) is 0 Å². The summed E-state index contributed by atoms with van der Waals surface area (Å²) >= 11 is 0. The zero-order valence-electron chi connectivity index (χ0n) is 10.9. The van der Waals surface area contributed by atoms with Gasteiger partial charge in [0.2, 0.25) is 5.89 Å². The van der Waals surface area contributed by atoms with E-state index in [1.807, 2.05) is 6.92 Å². The summed E-state index contributed by atoms with van der Waals surface area (Å²) < 4.78 is 10.6. The smallest absolute Gasteiger partial charge is 0.244 e. The summed E-state index contributed by atoms with van der Waals surface area (Å²) in [5.41, 5.74) is 2.68. The van der Waals surface area contributed by atoms with Crippen molar-refractivity contribution in [2.75, 3.05) is 6.61 Å². The maximum Gasteiger partial charge on any atom is 0.244 e. The highest BCUT2D eigenvalue weighted by atomic mass is 16.5. The van der Waals surface area contributed by atoms with Gasteiger partial charge in [-0.2, -0.15) is 4.98 Å². The first-order chi connectivity index (χ1) is 9.36. The molecule has 0 bridgehead atoms. The van der Waals surface area contributed by atoms with Crippen molar-refractivity contribution in [3.8, 4) is 0 Å². The molecule has 1 aliphatic heterocycles. The number of fused-ring (bicyclic) bond motifs is 1. The van der Waals surface area contributed by atoms with E-state index in [4.69, 9.17) is 9.26 Å². The van der Waals surface area contributed by atoms with Crippen LogP contribution in [-0.2, 0) is 24.3 Å². The molecule has 0 spiro atoms. The molecule has 1 atom stereocenters. The molecule has 3 rings (SSSR count). The standard InChI is InChI=1S/C14H17N3O2/c1-2-18-9-13-16-14(19-17-13)12-7-10-5-3-4-6-11(10)8-15-12/h3-6,12,15H,2,7-9H2,1H3/t12-/m0/s1. The first-order valence-electron chi connectivity index (χ1n) is 6.57. The van der Waals surface area contributed by atoms with Gasteiger partial charge in [0.15, 0.2) is 5.82 Å². The lowest BCUT2D eigenvalue weighted by Gasteiger charge is -2.23. The highest BCUT2D eigenvalue weighted by molar-refractivity contribution is 5.30. The van der Waals surface area contributed by atoms with E-state index in [0.29, 0.717) is 24.9 Å². The van der Waals surface area contributed by atoms with Gasteiger partial charge in [0.25, 0.3) is 0 Å². The molecule has 19 heavy (non-hydrogen) atoms. The molecule has 0 unspecified atom stereocenters. The van der Waals surface area contributed by atoms with Crippen LogP contribution in [0.1, 0.15) is 35.8 Å². The van der Waals surface area contributed by atoms with E-state index >= 15 is 0 Å². The van der Waals surface area contributed by atoms with E-state index in [1.165, 1.54) is 11.1 Å². The van der Waals surface area contributed by atoms with Gasteiger partial charge < -0.3 is 14.6 Å². The Morgan fingerprint density at radius 3 is 3.05 bits per heavy atom. The van der Waals surface area contributed by atoms with Crippen molar-refractivity contribution in [1.82, 2.24) is 15.5 Å². The molecule has 0 saturated carbocycles. The molecule has 1 aliphatic rings. The van der Waals surface area contributed by atoms with Crippen molar-refractivity contribution in [1.29, 1.82) is 0 Å². The third-order valence-electron chi connectivity index (χ3n) is 3.30. The fourth-order valence-corrected chi connectivity index (χ4v) is 2.29. The van der Waals surface area contributed by atoms with Crippen LogP contribution in [0, 0.1) is 0 Å².